The second kappa shape index (κ2) is 9.20. The van der Waals surface area contributed by atoms with E-state index in [4.69, 9.17) is 0 Å². The molecule has 2 amide bonds. The lowest BCUT2D eigenvalue weighted by molar-refractivity contribution is -0.144. The fourth-order valence-corrected chi connectivity index (χ4v) is 3.41. The number of aliphatic carboxylic acids is 1. The van der Waals surface area contributed by atoms with Gasteiger partial charge in [-0.05, 0) is 24.3 Å². The van der Waals surface area contributed by atoms with Crippen molar-refractivity contribution in [2.24, 2.45) is 5.92 Å². The minimum atomic E-state index is -1.01. The van der Waals surface area contributed by atoms with E-state index in [9.17, 15) is 19.5 Å². The first-order chi connectivity index (χ1) is 12.0. The standard InChI is InChI=1S/C19H26N2O4/c1-13(22)20-16(12-14-8-4-2-5-9-14)18(23)21-17(19(24)25)15-10-6-3-7-11-15/h2,4-5,8-9,15-17H,3,6-7,10-12H2,1H3,(H,20,22)(H,21,23)(H,24,25)/t16-,17-/m0/s1. The maximum Gasteiger partial charge on any atom is 0.326 e. The van der Waals surface area contributed by atoms with Crippen molar-refractivity contribution in [3.63, 3.8) is 0 Å². The van der Waals surface area contributed by atoms with Crippen LogP contribution < -0.4 is 10.6 Å². The maximum atomic E-state index is 12.7. The van der Waals surface area contributed by atoms with Crippen molar-refractivity contribution in [3.8, 4) is 0 Å². The van der Waals surface area contributed by atoms with Gasteiger partial charge in [-0.15, -0.1) is 0 Å². The van der Waals surface area contributed by atoms with Gasteiger partial charge in [0.2, 0.25) is 11.8 Å². The summed E-state index contributed by atoms with van der Waals surface area (Å²) < 4.78 is 0. The number of amides is 2. The molecule has 2 rings (SSSR count). The van der Waals surface area contributed by atoms with Crippen LogP contribution in [0.4, 0.5) is 0 Å². The van der Waals surface area contributed by atoms with Crippen LogP contribution in [-0.4, -0.2) is 35.0 Å². The zero-order valence-electron chi connectivity index (χ0n) is 14.5. The van der Waals surface area contributed by atoms with Crippen molar-refractivity contribution in [2.45, 2.75) is 57.5 Å². The van der Waals surface area contributed by atoms with Crippen molar-refractivity contribution in [3.05, 3.63) is 35.9 Å². The summed E-state index contributed by atoms with van der Waals surface area (Å²) in [6.45, 7) is 1.35. The van der Waals surface area contributed by atoms with Crippen LogP contribution in [0.5, 0.6) is 0 Å². The Morgan fingerprint density at radius 2 is 1.72 bits per heavy atom. The van der Waals surface area contributed by atoms with E-state index in [1.54, 1.807) is 0 Å². The van der Waals surface area contributed by atoms with Gasteiger partial charge in [0.15, 0.2) is 0 Å². The van der Waals surface area contributed by atoms with E-state index in [0.717, 1.165) is 37.7 Å². The predicted molar refractivity (Wildman–Crippen MR) is 93.9 cm³/mol. The van der Waals surface area contributed by atoms with Crippen LogP contribution in [-0.2, 0) is 20.8 Å². The lowest BCUT2D eigenvalue weighted by Gasteiger charge is -2.29. The van der Waals surface area contributed by atoms with Gasteiger partial charge in [-0.25, -0.2) is 4.79 Å². The Labute approximate surface area is 148 Å². The molecule has 1 aliphatic rings. The maximum absolute atomic E-state index is 12.7. The van der Waals surface area contributed by atoms with Gasteiger partial charge < -0.3 is 15.7 Å². The van der Waals surface area contributed by atoms with E-state index in [1.807, 2.05) is 30.3 Å². The van der Waals surface area contributed by atoms with Gasteiger partial charge in [0.25, 0.3) is 0 Å². The van der Waals surface area contributed by atoms with Crippen molar-refractivity contribution < 1.29 is 19.5 Å². The van der Waals surface area contributed by atoms with E-state index in [-0.39, 0.29) is 11.8 Å². The fraction of sp³-hybridized carbons (Fsp3) is 0.526. The van der Waals surface area contributed by atoms with Gasteiger partial charge in [-0.3, -0.25) is 9.59 Å². The Balaban J connectivity index is 2.08. The molecular weight excluding hydrogens is 320 g/mol. The molecule has 0 heterocycles. The van der Waals surface area contributed by atoms with E-state index in [2.05, 4.69) is 10.6 Å². The summed E-state index contributed by atoms with van der Waals surface area (Å²) in [5.74, 6) is -1.83. The summed E-state index contributed by atoms with van der Waals surface area (Å²) in [5.41, 5.74) is 0.904. The highest BCUT2D eigenvalue weighted by Gasteiger charge is 2.32. The summed E-state index contributed by atoms with van der Waals surface area (Å²) in [6, 6.07) is 7.65. The zero-order valence-corrected chi connectivity index (χ0v) is 14.5. The molecule has 1 aromatic carbocycles. The van der Waals surface area contributed by atoms with E-state index in [1.165, 1.54) is 6.92 Å². The molecule has 3 N–H and O–H groups in total. The molecule has 1 aromatic rings. The normalized spacial score (nSPS) is 17.3. The first-order valence-electron chi connectivity index (χ1n) is 8.81. The van der Waals surface area contributed by atoms with Gasteiger partial charge in [0.05, 0.1) is 0 Å². The summed E-state index contributed by atoms with van der Waals surface area (Å²) in [5, 5.41) is 14.8. The van der Waals surface area contributed by atoms with Crippen LogP contribution in [0.2, 0.25) is 0 Å². The number of carbonyl (C=O) groups is 3. The molecule has 0 saturated heterocycles. The van der Waals surface area contributed by atoms with Gasteiger partial charge in [-0.2, -0.15) is 0 Å². The van der Waals surface area contributed by atoms with Crippen LogP contribution in [0.3, 0.4) is 0 Å². The molecule has 0 aliphatic heterocycles. The molecular formula is C19H26N2O4. The molecule has 2 atom stereocenters. The smallest absolute Gasteiger partial charge is 0.326 e. The molecule has 1 aliphatic carbocycles. The molecule has 0 unspecified atom stereocenters. The first-order valence-corrected chi connectivity index (χ1v) is 8.81. The number of carbonyl (C=O) groups excluding carboxylic acids is 2. The molecule has 0 radical (unpaired) electrons. The molecule has 6 nitrogen and oxygen atoms in total. The van der Waals surface area contributed by atoms with E-state index in [0.29, 0.717) is 6.42 Å². The SMILES string of the molecule is CC(=O)N[C@@H](Cc1ccccc1)C(=O)N[C@H](C(=O)O)C1CCCCC1. The van der Waals surface area contributed by atoms with Crippen molar-refractivity contribution in [2.75, 3.05) is 0 Å². The molecule has 1 saturated carbocycles. The molecule has 0 bridgehead atoms. The average Bonchev–Trinajstić information content (AvgIpc) is 2.60. The Kier molecular flexibility index (Phi) is 6.98. The molecule has 0 spiro atoms. The Bertz CT molecular complexity index is 597. The lowest BCUT2D eigenvalue weighted by Crippen LogP contribution is -2.54. The van der Waals surface area contributed by atoms with Crippen LogP contribution >= 0.6 is 0 Å². The molecule has 136 valence electrons. The van der Waals surface area contributed by atoms with Crippen molar-refractivity contribution in [1.29, 1.82) is 0 Å². The molecule has 6 heteroatoms. The summed E-state index contributed by atoms with van der Waals surface area (Å²) >= 11 is 0. The third-order valence-corrected chi connectivity index (χ3v) is 4.66. The minimum Gasteiger partial charge on any atom is -0.480 e. The largest absolute Gasteiger partial charge is 0.480 e. The highest BCUT2D eigenvalue weighted by atomic mass is 16.4. The van der Waals surface area contributed by atoms with Crippen LogP contribution in [0, 0.1) is 5.92 Å². The third kappa shape index (κ3) is 5.89. The molecule has 0 aromatic heterocycles. The Morgan fingerprint density at radius 3 is 2.28 bits per heavy atom. The number of benzene rings is 1. The third-order valence-electron chi connectivity index (χ3n) is 4.66. The summed E-state index contributed by atoms with van der Waals surface area (Å²) in [7, 11) is 0. The molecule has 1 fully saturated rings. The average molecular weight is 346 g/mol. The van der Waals surface area contributed by atoms with Gasteiger partial charge in [-0.1, -0.05) is 49.6 Å². The lowest BCUT2D eigenvalue weighted by atomic mass is 9.83. The van der Waals surface area contributed by atoms with Crippen LogP contribution in [0.25, 0.3) is 0 Å². The second-order valence-corrected chi connectivity index (χ2v) is 6.67. The van der Waals surface area contributed by atoms with Gasteiger partial charge >= 0.3 is 5.97 Å². The Hall–Kier alpha value is -2.37. The quantitative estimate of drug-likeness (QED) is 0.702. The van der Waals surface area contributed by atoms with Crippen molar-refractivity contribution in [1.82, 2.24) is 10.6 Å². The van der Waals surface area contributed by atoms with Gasteiger partial charge in [0.1, 0.15) is 12.1 Å². The highest BCUT2D eigenvalue weighted by Crippen LogP contribution is 2.26. The number of carboxylic acids is 1. The highest BCUT2D eigenvalue weighted by molar-refractivity contribution is 5.90. The van der Waals surface area contributed by atoms with Crippen LogP contribution in [0.15, 0.2) is 30.3 Å². The number of nitrogens with one attached hydrogen (secondary N) is 2. The number of hydrogen-bond donors (Lipinski definition) is 3. The second-order valence-electron chi connectivity index (χ2n) is 6.67. The first kappa shape index (κ1) is 19.0. The molecule has 25 heavy (non-hydrogen) atoms. The van der Waals surface area contributed by atoms with E-state index < -0.39 is 24.0 Å². The predicted octanol–water partition coefficient (Wildman–Crippen LogP) is 1.88. The minimum absolute atomic E-state index is 0.0510. The zero-order chi connectivity index (χ0) is 18.2. The summed E-state index contributed by atoms with van der Waals surface area (Å²) in [4.78, 5) is 35.7. The van der Waals surface area contributed by atoms with Crippen molar-refractivity contribution >= 4 is 17.8 Å². The summed E-state index contributed by atoms with van der Waals surface area (Å²) in [6.07, 6.45) is 5.02. The van der Waals surface area contributed by atoms with E-state index >= 15 is 0 Å². The number of carboxylic acid groups (broad SMARTS) is 1. The van der Waals surface area contributed by atoms with Gasteiger partial charge in [0, 0.05) is 13.3 Å². The number of rotatable bonds is 7. The fourth-order valence-electron chi connectivity index (χ4n) is 3.41. The van der Waals surface area contributed by atoms with Crippen LogP contribution in [0.1, 0.15) is 44.6 Å². The topological polar surface area (TPSA) is 95.5 Å². The monoisotopic (exact) mass is 346 g/mol. The Morgan fingerprint density at radius 1 is 1.08 bits per heavy atom. The number of hydrogen-bond acceptors (Lipinski definition) is 3.